The summed E-state index contributed by atoms with van der Waals surface area (Å²) in [4.78, 5) is 4.55. The summed E-state index contributed by atoms with van der Waals surface area (Å²) in [6, 6.07) is 15.6. The van der Waals surface area contributed by atoms with Crippen molar-refractivity contribution in [1.82, 2.24) is 9.55 Å². The molecule has 1 aromatic heterocycles. The number of alkyl halides is 3. The van der Waals surface area contributed by atoms with Crippen molar-refractivity contribution in [2.45, 2.75) is 19.6 Å². The fraction of sp³-hybridized carbons (Fsp3) is 0.100. The third kappa shape index (κ3) is 6.30. The van der Waals surface area contributed by atoms with Crippen molar-refractivity contribution in [3.8, 4) is 22.4 Å². The maximum Gasteiger partial charge on any atom is 0.416 e. The monoisotopic (exact) mass is 506 g/mol. The molecule has 0 aliphatic rings. The molecule has 4 rings (SSSR count). The van der Waals surface area contributed by atoms with Gasteiger partial charge in [-0.15, -0.1) is 0 Å². The number of halogens is 5. The first-order valence-electron chi connectivity index (χ1n) is 11.4. The lowest BCUT2D eigenvalue weighted by atomic mass is 10.0. The van der Waals surface area contributed by atoms with Gasteiger partial charge in [-0.05, 0) is 54.0 Å². The molecule has 3 aromatic carbocycles. The van der Waals surface area contributed by atoms with Crippen molar-refractivity contribution < 1.29 is 22.0 Å². The average Bonchev–Trinajstić information content (AvgIpc) is 3.24. The quantitative estimate of drug-likeness (QED) is 0.181. The van der Waals surface area contributed by atoms with Gasteiger partial charge in [-0.1, -0.05) is 66.8 Å². The van der Waals surface area contributed by atoms with Crippen LogP contribution >= 0.6 is 0 Å². The lowest BCUT2D eigenvalue weighted by Gasteiger charge is -2.09. The molecule has 4 aromatic rings. The molecule has 0 spiro atoms. The van der Waals surface area contributed by atoms with Crippen LogP contribution in [0.3, 0.4) is 0 Å². The van der Waals surface area contributed by atoms with Gasteiger partial charge < -0.3 is 4.57 Å². The van der Waals surface area contributed by atoms with E-state index in [9.17, 15) is 22.0 Å². The highest BCUT2D eigenvalue weighted by molar-refractivity contribution is 5.72. The zero-order chi connectivity index (χ0) is 26.6. The summed E-state index contributed by atoms with van der Waals surface area (Å²) >= 11 is 0. The minimum Gasteiger partial charge on any atom is -0.327 e. The molecule has 0 amide bonds. The van der Waals surface area contributed by atoms with Crippen molar-refractivity contribution in [3.05, 3.63) is 126 Å². The Hall–Kier alpha value is -4.26. The average molecular weight is 507 g/mol. The minimum absolute atomic E-state index is 0.186. The molecule has 0 aliphatic carbocycles. The van der Waals surface area contributed by atoms with Gasteiger partial charge in [0.15, 0.2) is 0 Å². The standard InChI is InChI=1S/C30H23F5N2/c1-3-5-20(2)18-37-19-28(26-14-13-25(31)17-27(26)32)36-29(37)15-10-21-8-11-22(12-9-21)23-6-4-7-24(16-23)30(33,34)35/h3-17,19H,1,18H2,2H3/b15-10+,20-5+. The van der Waals surface area contributed by atoms with Gasteiger partial charge >= 0.3 is 6.18 Å². The van der Waals surface area contributed by atoms with E-state index in [0.717, 1.165) is 29.3 Å². The van der Waals surface area contributed by atoms with Gasteiger partial charge in [0.1, 0.15) is 17.5 Å². The number of rotatable bonds is 7. The molecule has 0 saturated carbocycles. The molecular weight excluding hydrogens is 483 g/mol. The van der Waals surface area contributed by atoms with Crippen molar-refractivity contribution >= 4 is 12.2 Å². The number of benzene rings is 3. The first kappa shape index (κ1) is 25.8. The lowest BCUT2D eigenvalue weighted by molar-refractivity contribution is -0.137. The van der Waals surface area contributed by atoms with Gasteiger partial charge in [0.2, 0.25) is 0 Å². The number of hydrogen-bond donors (Lipinski definition) is 0. The van der Waals surface area contributed by atoms with Gasteiger partial charge in [-0.3, -0.25) is 0 Å². The second-order valence-electron chi connectivity index (χ2n) is 8.52. The Kier molecular flexibility index (Phi) is 7.53. The van der Waals surface area contributed by atoms with E-state index < -0.39 is 23.4 Å². The van der Waals surface area contributed by atoms with Crippen molar-refractivity contribution in [2.75, 3.05) is 0 Å². The molecule has 0 unspecified atom stereocenters. The fourth-order valence-corrected chi connectivity index (χ4v) is 3.87. The Morgan fingerprint density at radius 2 is 1.70 bits per heavy atom. The van der Waals surface area contributed by atoms with Gasteiger partial charge in [0, 0.05) is 24.4 Å². The SMILES string of the molecule is C=C/C=C(\C)Cn1cc(-c2ccc(F)cc2F)nc1/C=C/c1ccc(-c2cccc(C(F)(F)F)c2)cc1. The summed E-state index contributed by atoms with van der Waals surface area (Å²) in [6.45, 7) is 6.12. The molecule has 37 heavy (non-hydrogen) atoms. The van der Waals surface area contributed by atoms with E-state index in [0.29, 0.717) is 29.2 Å². The van der Waals surface area contributed by atoms with E-state index in [1.807, 2.05) is 23.6 Å². The molecule has 0 fully saturated rings. The van der Waals surface area contributed by atoms with Crippen LogP contribution in [0.1, 0.15) is 23.9 Å². The van der Waals surface area contributed by atoms with E-state index in [1.165, 1.54) is 18.2 Å². The molecule has 2 nitrogen and oxygen atoms in total. The number of imidazole rings is 1. The third-order valence-electron chi connectivity index (χ3n) is 5.70. The number of aromatic nitrogens is 2. The van der Waals surface area contributed by atoms with Crippen LogP contribution in [-0.4, -0.2) is 9.55 Å². The van der Waals surface area contributed by atoms with E-state index in [4.69, 9.17) is 0 Å². The highest BCUT2D eigenvalue weighted by Gasteiger charge is 2.30. The Morgan fingerprint density at radius 3 is 2.38 bits per heavy atom. The molecule has 0 aliphatic heterocycles. The van der Waals surface area contributed by atoms with Gasteiger partial charge in [-0.2, -0.15) is 13.2 Å². The summed E-state index contributed by atoms with van der Waals surface area (Å²) in [7, 11) is 0. The van der Waals surface area contributed by atoms with Gasteiger partial charge in [0.05, 0.1) is 11.3 Å². The zero-order valence-electron chi connectivity index (χ0n) is 19.9. The minimum atomic E-state index is -4.41. The normalized spacial score (nSPS) is 12.3. The summed E-state index contributed by atoms with van der Waals surface area (Å²) < 4.78 is 68.8. The van der Waals surface area contributed by atoms with E-state index in [1.54, 1.807) is 48.7 Å². The molecule has 0 radical (unpaired) electrons. The number of nitrogens with zero attached hydrogens (tertiary/aromatic N) is 2. The van der Waals surface area contributed by atoms with Crippen molar-refractivity contribution in [3.63, 3.8) is 0 Å². The maximum atomic E-state index is 14.4. The number of allylic oxidation sites excluding steroid dienone is 3. The molecular formula is C30H23F5N2. The molecule has 1 heterocycles. The van der Waals surface area contributed by atoms with Crippen LogP contribution in [0.25, 0.3) is 34.5 Å². The molecule has 0 atom stereocenters. The first-order valence-corrected chi connectivity index (χ1v) is 11.4. The molecule has 0 saturated heterocycles. The molecule has 7 heteroatoms. The Balaban J connectivity index is 1.63. The third-order valence-corrected chi connectivity index (χ3v) is 5.70. The summed E-state index contributed by atoms with van der Waals surface area (Å²) in [6.07, 6.45) is 4.41. The first-order chi connectivity index (χ1) is 17.6. The summed E-state index contributed by atoms with van der Waals surface area (Å²) in [5.41, 5.74) is 2.78. The molecule has 188 valence electrons. The molecule has 0 N–H and O–H groups in total. The van der Waals surface area contributed by atoms with Gasteiger partial charge in [0.25, 0.3) is 0 Å². The van der Waals surface area contributed by atoms with Crippen LogP contribution in [0, 0.1) is 11.6 Å². The van der Waals surface area contributed by atoms with E-state index >= 15 is 0 Å². The van der Waals surface area contributed by atoms with Crippen LogP contribution < -0.4 is 0 Å². The van der Waals surface area contributed by atoms with E-state index in [2.05, 4.69) is 11.6 Å². The highest BCUT2D eigenvalue weighted by Crippen LogP contribution is 2.32. The highest BCUT2D eigenvalue weighted by atomic mass is 19.4. The zero-order valence-corrected chi connectivity index (χ0v) is 19.9. The van der Waals surface area contributed by atoms with Crippen molar-refractivity contribution in [2.24, 2.45) is 0 Å². The molecule has 0 bridgehead atoms. The smallest absolute Gasteiger partial charge is 0.327 e. The second-order valence-corrected chi connectivity index (χ2v) is 8.52. The Morgan fingerprint density at radius 1 is 0.946 bits per heavy atom. The Bertz CT molecular complexity index is 1470. The van der Waals surface area contributed by atoms with Crippen LogP contribution in [0.4, 0.5) is 22.0 Å². The lowest BCUT2D eigenvalue weighted by Crippen LogP contribution is -2.04. The summed E-state index contributed by atoms with van der Waals surface area (Å²) in [5, 5.41) is 0. The number of hydrogen-bond acceptors (Lipinski definition) is 1. The van der Waals surface area contributed by atoms with Crippen LogP contribution in [0.5, 0.6) is 0 Å². The van der Waals surface area contributed by atoms with Crippen LogP contribution in [0.15, 0.2) is 97.2 Å². The van der Waals surface area contributed by atoms with Crippen molar-refractivity contribution in [1.29, 1.82) is 0 Å². The largest absolute Gasteiger partial charge is 0.416 e. The Labute approximate surface area is 211 Å². The van der Waals surface area contributed by atoms with Gasteiger partial charge in [-0.25, -0.2) is 13.8 Å². The fourth-order valence-electron chi connectivity index (χ4n) is 3.87. The van der Waals surface area contributed by atoms with Crippen LogP contribution in [0.2, 0.25) is 0 Å². The predicted molar refractivity (Wildman–Crippen MR) is 137 cm³/mol. The topological polar surface area (TPSA) is 17.8 Å². The van der Waals surface area contributed by atoms with Crippen LogP contribution in [-0.2, 0) is 12.7 Å². The van der Waals surface area contributed by atoms with E-state index in [-0.39, 0.29) is 5.56 Å². The second kappa shape index (κ2) is 10.8. The predicted octanol–water partition coefficient (Wildman–Crippen LogP) is 8.82. The summed E-state index contributed by atoms with van der Waals surface area (Å²) in [5.74, 6) is -0.819. The maximum absolute atomic E-state index is 14.4.